The van der Waals surface area contributed by atoms with Crippen molar-refractivity contribution in [3.63, 3.8) is 0 Å². The molecular weight excluding hydrogens is 459 g/mol. The van der Waals surface area contributed by atoms with Gasteiger partial charge in [-0.15, -0.1) is 11.3 Å². The number of aliphatic hydroxyl groups is 1. The van der Waals surface area contributed by atoms with Gasteiger partial charge in [0, 0.05) is 29.2 Å². The molecular formula is C21H26Cl2N4O3S. The van der Waals surface area contributed by atoms with Gasteiger partial charge in [0.05, 0.1) is 6.20 Å². The largest absolute Gasteiger partial charge is 0.386 e. The number of aromatic nitrogens is 1. The van der Waals surface area contributed by atoms with Crippen LogP contribution >= 0.6 is 34.5 Å². The lowest BCUT2D eigenvalue weighted by atomic mass is 10.1. The molecule has 0 radical (unpaired) electrons. The SMILES string of the molecule is CC(O)c1ncc(C(=O)N(CCNC(=O)C(c2cc(Cl)cc(Cl)c2)N(C)C)C2CC2)s1. The van der Waals surface area contributed by atoms with E-state index in [2.05, 4.69) is 10.3 Å². The molecule has 1 fully saturated rings. The van der Waals surface area contributed by atoms with Crippen molar-refractivity contribution >= 4 is 46.4 Å². The summed E-state index contributed by atoms with van der Waals surface area (Å²) in [5.74, 6) is -0.312. The summed E-state index contributed by atoms with van der Waals surface area (Å²) in [5, 5.41) is 14.0. The lowest BCUT2D eigenvalue weighted by Gasteiger charge is -2.26. The Kier molecular flexibility index (Phi) is 7.93. The first kappa shape index (κ1) is 23.9. The van der Waals surface area contributed by atoms with Crippen molar-refractivity contribution in [2.75, 3.05) is 27.2 Å². The second-order valence-corrected chi connectivity index (χ2v) is 9.76. The molecule has 2 atom stereocenters. The molecule has 1 saturated carbocycles. The third-order valence-corrected chi connectivity index (χ3v) is 6.55. The first-order valence-electron chi connectivity index (χ1n) is 10.0. The monoisotopic (exact) mass is 484 g/mol. The Bertz CT molecular complexity index is 926. The molecule has 1 aliphatic rings. The van der Waals surface area contributed by atoms with E-state index < -0.39 is 12.1 Å². The van der Waals surface area contributed by atoms with E-state index in [4.69, 9.17) is 23.2 Å². The van der Waals surface area contributed by atoms with Gasteiger partial charge >= 0.3 is 0 Å². The summed E-state index contributed by atoms with van der Waals surface area (Å²) < 4.78 is 0. The van der Waals surface area contributed by atoms with Crippen LogP contribution in [0.1, 0.15) is 52.2 Å². The zero-order valence-electron chi connectivity index (χ0n) is 17.6. The molecule has 1 aromatic heterocycles. The number of halogens is 2. The first-order valence-corrected chi connectivity index (χ1v) is 11.6. The maximum absolute atomic E-state index is 12.9. The number of hydrogen-bond donors (Lipinski definition) is 2. The van der Waals surface area contributed by atoms with Crippen LogP contribution in [0, 0.1) is 0 Å². The van der Waals surface area contributed by atoms with Crippen molar-refractivity contribution in [2.24, 2.45) is 0 Å². The number of likely N-dealkylation sites (N-methyl/N-ethyl adjacent to an activating group) is 1. The zero-order valence-corrected chi connectivity index (χ0v) is 20.0. The Morgan fingerprint density at radius 2 is 1.90 bits per heavy atom. The molecule has 0 bridgehead atoms. The van der Waals surface area contributed by atoms with Crippen molar-refractivity contribution in [1.82, 2.24) is 20.1 Å². The number of carbonyl (C=O) groups is 2. The van der Waals surface area contributed by atoms with Crippen LogP contribution in [-0.4, -0.2) is 64.9 Å². The third kappa shape index (κ3) is 6.17. The van der Waals surface area contributed by atoms with Crippen LogP contribution in [0.4, 0.5) is 0 Å². The number of amides is 2. The maximum Gasteiger partial charge on any atom is 0.265 e. The van der Waals surface area contributed by atoms with Gasteiger partial charge in [0.15, 0.2) is 0 Å². The minimum atomic E-state index is -0.705. The van der Waals surface area contributed by atoms with Crippen molar-refractivity contribution in [3.05, 3.63) is 49.9 Å². The Labute approximate surface area is 196 Å². The molecule has 168 valence electrons. The average Bonchev–Trinajstić information content (AvgIpc) is 3.38. The first-order chi connectivity index (χ1) is 14.7. The van der Waals surface area contributed by atoms with Gasteiger partial charge in [0.2, 0.25) is 5.91 Å². The van der Waals surface area contributed by atoms with Crippen molar-refractivity contribution in [2.45, 2.75) is 38.0 Å². The number of rotatable bonds is 9. The summed E-state index contributed by atoms with van der Waals surface area (Å²) >= 11 is 13.4. The van der Waals surface area contributed by atoms with Crippen molar-refractivity contribution in [1.29, 1.82) is 0 Å². The topological polar surface area (TPSA) is 85.8 Å². The molecule has 3 rings (SSSR count). The van der Waals surface area contributed by atoms with Crippen LogP contribution in [0.15, 0.2) is 24.4 Å². The molecule has 1 aromatic carbocycles. The van der Waals surface area contributed by atoms with Crippen LogP contribution in [0.5, 0.6) is 0 Å². The summed E-state index contributed by atoms with van der Waals surface area (Å²) in [6.45, 7) is 2.34. The second-order valence-electron chi connectivity index (χ2n) is 7.83. The molecule has 2 aromatic rings. The Hall–Kier alpha value is -1.71. The number of benzene rings is 1. The quantitative estimate of drug-likeness (QED) is 0.568. The smallest absolute Gasteiger partial charge is 0.265 e. The fraction of sp³-hybridized carbons (Fsp3) is 0.476. The average molecular weight is 485 g/mol. The lowest BCUT2D eigenvalue weighted by molar-refractivity contribution is -0.125. The molecule has 0 spiro atoms. The summed E-state index contributed by atoms with van der Waals surface area (Å²) in [5.41, 5.74) is 0.699. The summed E-state index contributed by atoms with van der Waals surface area (Å²) in [6.07, 6.45) is 2.70. The maximum atomic E-state index is 12.9. The molecule has 2 N–H and O–H groups in total. The summed E-state index contributed by atoms with van der Waals surface area (Å²) in [7, 11) is 3.62. The van der Waals surface area contributed by atoms with E-state index in [1.54, 1.807) is 34.9 Å². The number of nitrogens with zero attached hydrogens (tertiary/aromatic N) is 3. The Morgan fingerprint density at radius 3 is 2.42 bits per heavy atom. The number of thiazole rings is 1. The van der Waals surface area contributed by atoms with Gasteiger partial charge in [-0.1, -0.05) is 23.2 Å². The Balaban J connectivity index is 1.64. The second kappa shape index (κ2) is 10.3. The van der Waals surface area contributed by atoms with Crippen LogP contribution in [0.3, 0.4) is 0 Å². The predicted molar refractivity (Wildman–Crippen MR) is 123 cm³/mol. The molecule has 31 heavy (non-hydrogen) atoms. The van der Waals surface area contributed by atoms with Gasteiger partial charge < -0.3 is 15.3 Å². The van der Waals surface area contributed by atoms with Gasteiger partial charge in [-0.25, -0.2) is 4.98 Å². The normalized spacial score (nSPS) is 15.6. The van der Waals surface area contributed by atoms with Gasteiger partial charge in [0.25, 0.3) is 5.91 Å². The number of hydrogen-bond acceptors (Lipinski definition) is 6. The highest BCUT2D eigenvalue weighted by Gasteiger charge is 2.34. The van der Waals surface area contributed by atoms with Crippen LogP contribution in [-0.2, 0) is 4.79 Å². The van der Waals surface area contributed by atoms with E-state index >= 15 is 0 Å². The zero-order chi connectivity index (χ0) is 22.7. The minimum Gasteiger partial charge on any atom is -0.386 e. The van der Waals surface area contributed by atoms with Crippen LogP contribution < -0.4 is 5.32 Å². The fourth-order valence-corrected chi connectivity index (χ4v) is 4.72. The molecule has 1 heterocycles. The Morgan fingerprint density at radius 1 is 1.26 bits per heavy atom. The number of aliphatic hydroxyl groups excluding tert-OH is 1. The highest BCUT2D eigenvalue weighted by atomic mass is 35.5. The van der Waals surface area contributed by atoms with Crippen molar-refractivity contribution < 1.29 is 14.7 Å². The summed E-state index contributed by atoms with van der Waals surface area (Å²) in [4.78, 5) is 34.0. The molecule has 10 heteroatoms. The molecule has 2 amide bonds. The van der Waals surface area contributed by atoms with Gasteiger partial charge in [-0.05, 0) is 57.6 Å². The number of carbonyl (C=O) groups excluding carboxylic acids is 2. The molecule has 1 aliphatic carbocycles. The van der Waals surface area contributed by atoms with E-state index in [0.29, 0.717) is 38.6 Å². The highest BCUT2D eigenvalue weighted by Crippen LogP contribution is 2.30. The molecule has 0 aliphatic heterocycles. The lowest BCUT2D eigenvalue weighted by Crippen LogP contribution is -2.43. The van der Waals surface area contributed by atoms with E-state index in [-0.39, 0.29) is 17.9 Å². The molecule has 0 saturated heterocycles. The van der Waals surface area contributed by atoms with E-state index in [1.807, 2.05) is 14.1 Å². The van der Waals surface area contributed by atoms with Gasteiger partial charge in [-0.2, -0.15) is 0 Å². The minimum absolute atomic E-state index is 0.119. The standard InChI is InChI=1S/C21H26Cl2N4O3S/c1-12(28)20-25-11-17(31-20)21(30)27(16-4-5-16)7-6-24-19(29)18(26(2)3)13-8-14(22)10-15(23)9-13/h8-12,16,18,28H,4-7H2,1-3H3,(H,24,29). The predicted octanol–water partition coefficient (Wildman–Crippen LogP) is 3.53. The van der Waals surface area contributed by atoms with E-state index in [0.717, 1.165) is 12.8 Å². The van der Waals surface area contributed by atoms with E-state index in [9.17, 15) is 14.7 Å². The highest BCUT2D eigenvalue weighted by molar-refractivity contribution is 7.13. The summed E-state index contributed by atoms with van der Waals surface area (Å²) in [6, 6.07) is 4.69. The molecule has 2 unspecified atom stereocenters. The van der Waals surface area contributed by atoms with E-state index in [1.165, 1.54) is 17.5 Å². The van der Waals surface area contributed by atoms with Gasteiger partial charge in [0.1, 0.15) is 22.0 Å². The number of nitrogens with one attached hydrogen (secondary N) is 1. The molecule has 7 nitrogen and oxygen atoms in total. The van der Waals surface area contributed by atoms with Crippen molar-refractivity contribution in [3.8, 4) is 0 Å². The van der Waals surface area contributed by atoms with Crippen LogP contribution in [0.25, 0.3) is 0 Å². The van der Waals surface area contributed by atoms with Gasteiger partial charge in [-0.3, -0.25) is 14.5 Å². The fourth-order valence-electron chi connectivity index (χ4n) is 3.37. The third-order valence-electron chi connectivity index (χ3n) is 4.96. The van der Waals surface area contributed by atoms with Crippen LogP contribution in [0.2, 0.25) is 10.0 Å².